The number of rotatable bonds is 6. The van der Waals surface area contributed by atoms with Gasteiger partial charge in [-0.25, -0.2) is 0 Å². The van der Waals surface area contributed by atoms with Crippen LogP contribution in [0.25, 0.3) is 0 Å². The van der Waals surface area contributed by atoms with Crippen molar-refractivity contribution in [1.29, 1.82) is 0 Å². The van der Waals surface area contributed by atoms with Gasteiger partial charge in [0.1, 0.15) is 0 Å². The van der Waals surface area contributed by atoms with Crippen LogP contribution in [0.4, 0.5) is 5.69 Å². The van der Waals surface area contributed by atoms with E-state index < -0.39 is 4.92 Å². The number of hydrogen-bond donors (Lipinski definition) is 1. The van der Waals surface area contributed by atoms with E-state index in [0.717, 1.165) is 0 Å². The fourth-order valence-corrected chi connectivity index (χ4v) is 3.68. The smallest absolute Gasteiger partial charge is 0.269 e. The van der Waals surface area contributed by atoms with Crippen LogP contribution >= 0.6 is 11.3 Å². The minimum absolute atomic E-state index is 0.0116. The summed E-state index contributed by atoms with van der Waals surface area (Å²) in [6.07, 6.45) is 0.150. The molecule has 0 saturated carbocycles. The molecule has 9 nitrogen and oxygen atoms in total. The molecule has 29 heavy (non-hydrogen) atoms. The lowest BCUT2D eigenvalue weighted by molar-refractivity contribution is -0.384. The Balaban J connectivity index is 1.40. The summed E-state index contributed by atoms with van der Waals surface area (Å²) in [5, 5.41) is 15.1. The lowest BCUT2D eigenvalue weighted by atomic mass is 10.2. The number of thiophene rings is 1. The Bertz CT molecular complexity index is 890. The molecular formula is C19H20N4O5S. The molecule has 0 spiro atoms. The van der Waals surface area contributed by atoms with E-state index in [4.69, 9.17) is 0 Å². The first-order chi connectivity index (χ1) is 14.0. The fraction of sp³-hybridized carbons (Fsp3) is 0.316. The summed E-state index contributed by atoms with van der Waals surface area (Å²) in [5.74, 6) is -0.487. The van der Waals surface area contributed by atoms with Crippen molar-refractivity contribution in [2.24, 2.45) is 0 Å². The third-order valence-electron chi connectivity index (χ3n) is 4.62. The monoisotopic (exact) mass is 416 g/mol. The molecule has 1 aromatic carbocycles. The van der Waals surface area contributed by atoms with E-state index in [1.165, 1.54) is 35.6 Å². The predicted molar refractivity (Wildman–Crippen MR) is 107 cm³/mol. The van der Waals surface area contributed by atoms with Crippen LogP contribution in [0.1, 0.15) is 26.5 Å². The van der Waals surface area contributed by atoms with Crippen molar-refractivity contribution in [3.05, 3.63) is 62.3 Å². The lowest BCUT2D eigenvalue weighted by Crippen LogP contribution is -2.50. The number of amides is 3. The molecule has 2 aromatic rings. The van der Waals surface area contributed by atoms with Crippen LogP contribution in [0.3, 0.4) is 0 Å². The molecule has 0 unspecified atom stereocenters. The first kappa shape index (κ1) is 20.5. The highest BCUT2D eigenvalue weighted by Crippen LogP contribution is 2.14. The molecule has 10 heteroatoms. The van der Waals surface area contributed by atoms with E-state index in [-0.39, 0.29) is 36.4 Å². The Morgan fingerprint density at radius 1 is 1.03 bits per heavy atom. The summed E-state index contributed by atoms with van der Waals surface area (Å²) in [5.41, 5.74) is 0.206. The van der Waals surface area contributed by atoms with Gasteiger partial charge in [-0.2, -0.15) is 0 Å². The van der Waals surface area contributed by atoms with Crippen LogP contribution in [0, 0.1) is 10.1 Å². The summed E-state index contributed by atoms with van der Waals surface area (Å²) in [6.45, 7) is 2.07. The van der Waals surface area contributed by atoms with Crippen LogP contribution in [0.2, 0.25) is 0 Å². The number of carbonyl (C=O) groups is 3. The number of nitro benzene ring substituents is 1. The number of non-ortho nitro benzene ring substituents is 1. The van der Waals surface area contributed by atoms with E-state index >= 15 is 0 Å². The van der Waals surface area contributed by atoms with Crippen molar-refractivity contribution >= 4 is 34.7 Å². The zero-order valence-electron chi connectivity index (χ0n) is 15.6. The van der Waals surface area contributed by atoms with Crippen molar-refractivity contribution in [3.8, 4) is 0 Å². The molecule has 2 heterocycles. The Labute approximate surface area is 171 Å². The highest BCUT2D eigenvalue weighted by Gasteiger charge is 2.25. The van der Waals surface area contributed by atoms with Gasteiger partial charge in [-0.05, 0) is 23.6 Å². The fourth-order valence-electron chi connectivity index (χ4n) is 2.99. The number of nitrogens with zero attached hydrogens (tertiary/aromatic N) is 3. The van der Waals surface area contributed by atoms with Gasteiger partial charge in [-0.3, -0.25) is 24.5 Å². The summed E-state index contributed by atoms with van der Waals surface area (Å²) in [4.78, 5) is 51.0. The Morgan fingerprint density at radius 3 is 2.28 bits per heavy atom. The summed E-state index contributed by atoms with van der Waals surface area (Å²) >= 11 is 1.40. The maximum absolute atomic E-state index is 12.3. The summed E-state index contributed by atoms with van der Waals surface area (Å²) < 4.78 is 0. The maximum atomic E-state index is 12.3. The highest BCUT2D eigenvalue weighted by atomic mass is 32.1. The Morgan fingerprint density at radius 2 is 1.69 bits per heavy atom. The third kappa shape index (κ3) is 5.17. The molecular weight excluding hydrogens is 396 g/mol. The molecule has 0 radical (unpaired) electrons. The zero-order chi connectivity index (χ0) is 20.8. The van der Waals surface area contributed by atoms with E-state index in [0.29, 0.717) is 36.6 Å². The van der Waals surface area contributed by atoms with Gasteiger partial charge in [0.05, 0.1) is 9.80 Å². The van der Waals surface area contributed by atoms with Gasteiger partial charge in [0, 0.05) is 56.8 Å². The number of carbonyl (C=O) groups excluding carboxylic acids is 3. The molecule has 0 bridgehead atoms. The number of piperazine rings is 1. The number of nitrogens with one attached hydrogen (secondary N) is 1. The van der Waals surface area contributed by atoms with Crippen LogP contribution in [0.5, 0.6) is 0 Å². The molecule has 1 aliphatic heterocycles. The lowest BCUT2D eigenvalue weighted by Gasteiger charge is -2.34. The molecule has 1 N–H and O–H groups in total. The predicted octanol–water partition coefficient (Wildman–Crippen LogP) is 1.76. The summed E-state index contributed by atoms with van der Waals surface area (Å²) in [6, 6.07) is 8.90. The van der Waals surface area contributed by atoms with E-state index in [9.17, 15) is 24.5 Å². The van der Waals surface area contributed by atoms with E-state index in [1.54, 1.807) is 15.9 Å². The molecule has 1 aliphatic rings. The molecule has 3 amide bonds. The minimum atomic E-state index is -0.534. The van der Waals surface area contributed by atoms with Crippen molar-refractivity contribution in [1.82, 2.24) is 15.1 Å². The molecule has 0 atom stereocenters. The van der Waals surface area contributed by atoms with E-state index in [1.807, 2.05) is 11.4 Å². The quantitative estimate of drug-likeness (QED) is 0.570. The van der Waals surface area contributed by atoms with Gasteiger partial charge < -0.3 is 15.1 Å². The molecule has 1 aromatic heterocycles. The van der Waals surface area contributed by atoms with Crippen molar-refractivity contribution in [2.75, 3.05) is 32.7 Å². The average Bonchev–Trinajstić information content (AvgIpc) is 3.28. The van der Waals surface area contributed by atoms with Crippen LogP contribution in [-0.4, -0.2) is 65.2 Å². The van der Waals surface area contributed by atoms with Crippen LogP contribution in [-0.2, 0) is 4.79 Å². The maximum Gasteiger partial charge on any atom is 0.269 e. The van der Waals surface area contributed by atoms with Crippen molar-refractivity contribution in [3.63, 3.8) is 0 Å². The van der Waals surface area contributed by atoms with Gasteiger partial charge in [-0.1, -0.05) is 6.07 Å². The highest BCUT2D eigenvalue weighted by molar-refractivity contribution is 7.12. The Hall–Kier alpha value is -3.27. The summed E-state index contributed by atoms with van der Waals surface area (Å²) in [7, 11) is 0. The van der Waals surface area contributed by atoms with Crippen molar-refractivity contribution in [2.45, 2.75) is 6.42 Å². The molecule has 1 saturated heterocycles. The topological polar surface area (TPSA) is 113 Å². The average molecular weight is 416 g/mol. The number of nitro groups is 1. The van der Waals surface area contributed by atoms with Gasteiger partial charge in [0.15, 0.2) is 0 Å². The second kappa shape index (κ2) is 9.28. The van der Waals surface area contributed by atoms with Crippen LogP contribution in [0.15, 0.2) is 41.8 Å². The standard InChI is InChI=1S/C19H20N4O5S/c24-17(7-8-20-18(25)14-3-5-15(6-4-14)23(27)28)21-9-11-22(12-10-21)19(26)16-2-1-13-29-16/h1-6,13H,7-12H2,(H,20,25). The second-order valence-corrected chi connectivity index (χ2v) is 7.41. The molecule has 152 valence electrons. The normalized spacial score (nSPS) is 13.8. The van der Waals surface area contributed by atoms with Crippen LogP contribution < -0.4 is 5.32 Å². The van der Waals surface area contributed by atoms with E-state index in [2.05, 4.69) is 5.32 Å². The molecule has 1 fully saturated rings. The van der Waals surface area contributed by atoms with Gasteiger partial charge >= 0.3 is 0 Å². The zero-order valence-corrected chi connectivity index (χ0v) is 16.4. The molecule has 0 aliphatic carbocycles. The van der Waals surface area contributed by atoms with Gasteiger partial charge in [0.25, 0.3) is 17.5 Å². The van der Waals surface area contributed by atoms with Gasteiger partial charge in [0.2, 0.25) is 5.91 Å². The SMILES string of the molecule is O=C(NCCC(=O)N1CCN(C(=O)c2cccs2)CC1)c1ccc([N+](=O)[O-])cc1. The number of hydrogen-bond acceptors (Lipinski definition) is 6. The minimum Gasteiger partial charge on any atom is -0.352 e. The number of benzene rings is 1. The van der Waals surface area contributed by atoms with Gasteiger partial charge in [-0.15, -0.1) is 11.3 Å². The second-order valence-electron chi connectivity index (χ2n) is 6.46. The largest absolute Gasteiger partial charge is 0.352 e. The first-order valence-electron chi connectivity index (χ1n) is 9.09. The first-order valence-corrected chi connectivity index (χ1v) is 9.97. The third-order valence-corrected chi connectivity index (χ3v) is 5.47. The van der Waals surface area contributed by atoms with Crippen molar-refractivity contribution < 1.29 is 19.3 Å². The Kier molecular flexibility index (Phi) is 6.55. The molecule has 3 rings (SSSR count).